The largest absolute Gasteiger partial charge is 0.478 e. The van der Waals surface area contributed by atoms with E-state index in [2.05, 4.69) is 0 Å². The van der Waals surface area contributed by atoms with Crippen LogP contribution in [0.4, 0.5) is 0 Å². The topological polar surface area (TPSA) is 83.6 Å². The fourth-order valence-corrected chi connectivity index (χ4v) is 3.33. The van der Waals surface area contributed by atoms with Crippen LogP contribution in [0.2, 0.25) is 0 Å². The van der Waals surface area contributed by atoms with Crippen molar-refractivity contribution < 1.29 is 14.7 Å². The van der Waals surface area contributed by atoms with Crippen LogP contribution in [0.25, 0.3) is 5.57 Å². The average Bonchev–Trinajstić information content (AvgIpc) is 3.51. The van der Waals surface area contributed by atoms with E-state index in [1.807, 2.05) is 37.3 Å². The molecule has 1 saturated carbocycles. The van der Waals surface area contributed by atoms with E-state index in [4.69, 9.17) is 5.73 Å². The molecule has 1 aliphatic carbocycles. The number of carboxylic acids is 1. The Morgan fingerprint density at radius 1 is 1.30 bits per heavy atom. The minimum Gasteiger partial charge on any atom is -0.478 e. The van der Waals surface area contributed by atoms with Gasteiger partial charge in [0.2, 0.25) is 6.41 Å². The summed E-state index contributed by atoms with van der Waals surface area (Å²) in [6.45, 7) is 4.05. The molecular formula is C22H24N2O3. The maximum Gasteiger partial charge on any atom is 0.331 e. The maximum atomic E-state index is 11.7. The molecule has 0 aromatic heterocycles. The molecule has 27 heavy (non-hydrogen) atoms. The predicted octanol–water partition coefficient (Wildman–Crippen LogP) is 3.60. The molecule has 140 valence electrons. The number of carbonyl (C=O) groups excluding carboxylic acids is 1. The van der Waals surface area contributed by atoms with Gasteiger partial charge < -0.3 is 10.8 Å². The Bertz CT molecular complexity index is 885. The second-order valence-corrected chi connectivity index (χ2v) is 6.98. The van der Waals surface area contributed by atoms with Gasteiger partial charge in [-0.3, -0.25) is 9.69 Å². The lowest BCUT2D eigenvalue weighted by molar-refractivity contribution is -0.132. The van der Waals surface area contributed by atoms with Gasteiger partial charge >= 0.3 is 5.97 Å². The van der Waals surface area contributed by atoms with Crippen LogP contribution in [0, 0.1) is 5.92 Å². The van der Waals surface area contributed by atoms with Crippen molar-refractivity contribution in [3.05, 3.63) is 76.2 Å². The molecule has 1 aromatic rings. The summed E-state index contributed by atoms with van der Waals surface area (Å²) >= 11 is 0. The molecule has 0 atom stereocenters. The fraction of sp³-hybridized carbons (Fsp3) is 0.273. The first kappa shape index (κ1) is 18.9. The number of carboxylic acid groups (broad SMARTS) is 1. The van der Waals surface area contributed by atoms with Crippen LogP contribution in [-0.4, -0.2) is 22.4 Å². The number of nitrogens with two attached hydrogens (primary N) is 1. The third-order valence-electron chi connectivity index (χ3n) is 5.03. The Labute approximate surface area is 159 Å². The predicted molar refractivity (Wildman–Crippen MR) is 105 cm³/mol. The standard InChI is InChI=1S/C22H24N2O3/c1-14(22(26)27)11-20(18-7-8-18)21-15(2)19(9-10-24(21)13-25)17-5-3-16(12-23)4-6-17/h3-6,9-11,13,18H,7-8,12,23H2,1-2H3,(H,26,27)/b14-11+,21-20+. The van der Waals surface area contributed by atoms with Crippen molar-refractivity contribution in [1.82, 2.24) is 4.90 Å². The van der Waals surface area contributed by atoms with Crippen molar-refractivity contribution in [2.24, 2.45) is 11.7 Å². The Hall–Kier alpha value is -2.92. The monoisotopic (exact) mass is 364 g/mol. The lowest BCUT2D eigenvalue weighted by Crippen LogP contribution is -2.21. The summed E-state index contributed by atoms with van der Waals surface area (Å²) in [5.74, 6) is -0.656. The highest BCUT2D eigenvalue weighted by Crippen LogP contribution is 2.43. The third-order valence-corrected chi connectivity index (χ3v) is 5.03. The van der Waals surface area contributed by atoms with E-state index in [-0.39, 0.29) is 5.57 Å². The van der Waals surface area contributed by atoms with E-state index in [1.54, 1.807) is 24.1 Å². The van der Waals surface area contributed by atoms with E-state index >= 15 is 0 Å². The quantitative estimate of drug-likeness (QED) is 0.597. The molecule has 2 aliphatic rings. The van der Waals surface area contributed by atoms with E-state index in [1.165, 1.54) is 0 Å². The number of hydrogen-bond donors (Lipinski definition) is 2. The number of aliphatic carboxylic acids is 1. The van der Waals surface area contributed by atoms with E-state index in [0.29, 0.717) is 12.5 Å². The number of hydrogen-bond acceptors (Lipinski definition) is 3. The molecule has 0 radical (unpaired) electrons. The van der Waals surface area contributed by atoms with E-state index < -0.39 is 5.97 Å². The zero-order valence-corrected chi connectivity index (χ0v) is 15.6. The van der Waals surface area contributed by atoms with Crippen molar-refractivity contribution in [3.8, 4) is 0 Å². The van der Waals surface area contributed by atoms with Gasteiger partial charge in [-0.15, -0.1) is 0 Å². The SMILES string of the molecule is CC1=C(c2ccc(CN)cc2)C=CN(C=O)/C1=C(\C=C(/C)C(=O)O)C1CC1. The van der Waals surface area contributed by atoms with Gasteiger partial charge in [0.25, 0.3) is 0 Å². The van der Waals surface area contributed by atoms with Gasteiger partial charge in [0.15, 0.2) is 0 Å². The highest BCUT2D eigenvalue weighted by Gasteiger charge is 2.31. The van der Waals surface area contributed by atoms with E-state index in [9.17, 15) is 14.7 Å². The van der Waals surface area contributed by atoms with Crippen molar-refractivity contribution >= 4 is 18.0 Å². The summed E-state index contributed by atoms with van der Waals surface area (Å²) in [5, 5.41) is 9.29. The summed E-state index contributed by atoms with van der Waals surface area (Å²) in [7, 11) is 0. The van der Waals surface area contributed by atoms with Gasteiger partial charge in [-0.25, -0.2) is 4.79 Å². The highest BCUT2D eigenvalue weighted by atomic mass is 16.4. The van der Waals surface area contributed by atoms with Crippen LogP contribution in [0.1, 0.15) is 37.8 Å². The molecular weight excluding hydrogens is 340 g/mol. The normalized spacial score (nSPS) is 19.4. The minimum atomic E-state index is -0.947. The molecule has 0 unspecified atom stereocenters. The van der Waals surface area contributed by atoms with Gasteiger partial charge in [-0.1, -0.05) is 24.3 Å². The van der Waals surface area contributed by atoms with Crippen LogP contribution in [-0.2, 0) is 16.1 Å². The van der Waals surface area contributed by atoms with Crippen LogP contribution < -0.4 is 5.73 Å². The van der Waals surface area contributed by atoms with E-state index in [0.717, 1.165) is 52.8 Å². The maximum absolute atomic E-state index is 11.7. The summed E-state index contributed by atoms with van der Waals surface area (Å²) in [6.07, 6.45) is 8.16. The second kappa shape index (κ2) is 7.76. The van der Waals surface area contributed by atoms with Crippen molar-refractivity contribution in [3.63, 3.8) is 0 Å². The molecule has 1 fully saturated rings. The zero-order valence-electron chi connectivity index (χ0n) is 15.6. The Morgan fingerprint density at radius 2 is 1.96 bits per heavy atom. The van der Waals surface area contributed by atoms with Crippen LogP contribution >= 0.6 is 0 Å². The first-order valence-electron chi connectivity index (χ1n) is 9.04. The molecule has 3 N–H and O–H groups in total. The van der Waals surface area contributed by atoms with Gasteiger partial charge in [0.1, 0.15) is 0 Å². The molecule has 1 aliphatic heterocycles. The number of amides is 1. The van der Waals surface area contributed by atoms with Gasteiger partial charge in [0.05, 0.1) is 5.70 Å². The Morgan fingerprint density at radius 3 is 2.48 bits per heavy atom. The summed E-state index contributed by atoms with van der Waals surface area (Å²) in [4.78, 5) is 24.6. The fourth-order valence-electron chi connectivity index (χ4n) is 3.33. The van der Waals surface area contributed by atoms with Crippen LogP contribution in [0.3, 0.4) is 0 Å². The van der Waals surface area contributed by atoms with Gasteiger partial charge in [-0.2, -0.15) is 0 Å². The molecule has 0 saturated heterocycles. The highest BCUT2D eigenvalue weighted by molar-refractivity contribution is 5.87. The van der Waals surface area contributed by atoms with Crippen molar-refractivity contribution in [2.75, 3.05) is 0 Å². The molecule has 5 heteroatoms. The number of nitrogens with zero attached hydrogens (tertiary/aromatic N) is 1. The molecule has 3 rings (SSSR count). The lowest BCUT2D eigenvalue weighted by atomic mass is 9.91. The minimum absolute atomic E-state index is 0.270. The summed E-state index contributed by atoms with van der Waals surface area (Å²) in [5.41, 5.74) is 11.7. The smallest absolute Gasteiger partial charge is 0.331 e. The summed E-state index contributed by atoms with van der Waals surface area (Å²) < 4.78 is 0. The van der Waals surface area contributed by atoms with Crippen LogP contribution in [0.15, 0.2) is 65.0 Å². The molecule has 1 amide bonds. The average molecular weight is 364 g/mol. The lowest BCUT2D eigenvalue weighted by Gasteiger charge is -2.27. The van der Waals surface area contributed by atoms with Crippen molar-refractivity contribution in [1.29, 1.82) is 0 Å². The first-order valence-corrected chi connectivity index (χ1v) is 9.04. The molecule has 1 aromatic carbocycles. The number of carbonyl (C=O) groups is 2. The van der Waals surface area contributed by atoms with Crippen LogP contribution in [0.5, 0.6) is 0 Å². The summed E-state index contributed by atoms with van der Waals surface area (Å²) in [6, 6.07) is 8.04. The zero-order chi connectivity index (χ0) is 19.6. The molecule has 0 spiro atoms. The number of rotatable bonds is 6. The third kappa shape index (κ3) is 3.93. The number of allylic oxidation sites excluding steroid dienone is 5. The van der Waals surface area contributed by atoms with Crippen molar-refractivity contribution in [2.45, 2.75) is 33.2 Å². The first-order chi connectivity index (χ1) is 13.0. The molecule has 5 nitrogen and oxygen atoms in total. The Balaban J connectivity index is 2.16. The van der Waals surface area contributed by atoms with Gasteiger partial charge in [-0.05, 0) is 72.6 Å². The number of benzene rings is 1. The molecule has 1 heterocycles. The molecule has 0 bridgehead atoms. The Kier molecular flexibility index (Phi) is 5.42. The van der Waals surface area contributed by atoms with Gasteiger partial charge in [0, 0.05) is 18.3 Å². The second-order valence-electron chi connectivity index (χ2n) is 6.98.